The Hall–Kier alpha value is -2.21. The quantitative estimate of drug-likeness (QED) is 0.235. The van der Waals surface area contributed by atoms with Gasteiger partial charge in [-0.2, -0.15) is 0 Å². The van der Waals surface area contributed by atoms with Gasteiger partial charge in [-0.3, -0.25) is 0 Å². The Bertz CT molecular complexity index is 1160. The summed E-state index contributed by atoms with van der Waals surface area (Å²) in [4.78, 5) is 0. The number of hydrogen-bond donors (Lipinski definition) is 0. The molecule has 0 aromatic heterocycles. The average molecular weight is 503 g/mol. The van der Waals surface area contributed by atoms with Crippen LogP contribution in [0.2, 0.25) is 0 Å². The third-order valence-electron chi connectivity index (χ3n) is 6.53. The fourth-order valence-electron chi connectivity index (χ4n) is 4.84. The molecule has 164 valence electrons. The molecule has 4 rings (SSSR count). The molecule has 0 saturated carbocycles. The van der Waals surface area contributed by atoms with E-state index in [-0.39, 0.29) is 0 Å². The molecule has 0 radical (unpaired) electrons. The van der Waals surface area contributed by atoms with Crippen LogP contribution < -0.4 is 15.9 Å². The fourth-order valence-corrected chi connectivity index (χ4v) is 13.3. The molecule has 0 fully saturated rings. The van der Waals surface area contributed by atoms with Crippen LogP contribution >= 0.6 is 20.8 Å². The van der Waals surface area contributed by atoms with Gasteiger partial charge in [-0.1, -0.05) is 0 Å². The van der Waals surface area contributed by atoms with Crippen LogP contribution in [-0.4, -0.2) is 6.16 Å². The molecular formula is C30H32BrP. The topological polar surface area (TPSA) is 0 Å². The number of hydrogen-bond acceptors (Lipinski definition) is 0. The first-order chi connectivity index (χ1) is 15.4. The van der Waals surface area contributed by atoms with Crippen molar-refractivity contribution in [2.45, 2.75) is 34.1 Å². The summed E-state index contributed by atoms with van der Waals surface area (Å²) in [7, 11) is 0. The zero-order chi connectivity index (χ0) is 22.8. The molecule has 0 N–H and O–H groups in total. The summed E-state index contributed by atoms with van der Waals surface area (Å²) in [5, 5.41) is 1.28. The molecular weight excluding hydrogens is 471 g/mol. The third kappa shape index (κ3) is 3.87. The van der Waals surface area contributed by atoms with Gasteiger partial charge in [0.2, 0.25) is 0 Å². The van der Waals surface area contributed by atoms with E-state index in [1.165, 1.54) is 43.7 Å². The second-order valence-corrected chi connectivity index (χ2v) is 18.0. The molecule has 0 spiro atoms. The Labute approximate surface area is 201 Å². The Balaban J connectivity index is 2.17. The van der Waals surface area contributed by atoms with Gasteiger partial charge in [-0.15, -0.1) is 0 Å². The van der Waals surface area contributed by atoms with Crippen molar-refractivity contribution in [2.75, 3.05) is 6.16 Å². The van der Waals surface area contributed by atoms with Gasteiger partial charge in [0.25, 0.3) is 0 Å². The molecule has 0 nitrogen and oxygen atoms in total. The Morgan fingerprint density at radius 2 is 1.12 bits per heavy atom. The van der Waals surface area contributed by atoms with Crippen LogP contribution in [0.3, 0.4) is 0 Å². The van der Waals surface area contributed by atoms with Crippen molar-refractivity contribution in [2.24, 2.45) is 0 Å². The predicted octanol–water partition coefficient (Wildman–Crippen LogP) is 7.83. The van der Waals surface area contributed by atoms with E-state index in [2.05, 4.69) is 140 Å². The first kappa shape index (κ1) is 23.0. The molecule has 4 aromatic rings. The molecule has 0 saturated heterocycles. The molecule has 0 atom stereocenters. The van der Waals surface area contributed by atoms with Crippen LogP contribution in [0.1, 0.15) is 30.0 Å². The van der Waals surface area contributed by atoms with Crippen LogP contribution in [0.5, 0.6) is 0 Å². The van der Waals surface area contributed by atoms with Crippen LogP contribution in [0, 0.1) is 20.8 Å². The molecule has 0 amide bonds. The summed E-state index contributed by atoms with van der Waals surface area (Å²) in [6.45, 7) is 8.83. The van der Waals surface area contributed by atoms with E-state index >= 15 is 0 Å². The van der Waals surface area contributed by atoms with E-state index in [1.54, 1.807) is 0 Å². The molecule has 0 aliphatic carbocycles. The Morgan fingerprint density at radius 3 is 1.62 bits per heavy atom. The van der Waals surface area contributed by atoms with Crippen molar-refractivity contribution in [3.05, 3.63) is 114 Å². The molecule has 32 heavy (non-hydrogen) atoms. The molecule has 0 aliphatic heterocycles. The zero-order valence-corrected chi connectivity index (χ0v) is 22.0. The monoisotopic (exact) mass is 502 g/mol. The first-order valence-corrected chi connectivity index (χ1v) is 15.8. The normalized spacial score (nSPS) is 12.8. The second kappa shape index (κ2) is 8.97. The Kier molecular flexibility index (Phi) is 6.44. The standard InChI is InChI=1S/C30H32BrP/c1-5-21-32(31,27-16-11-23(2)12-17-27,28-18-13-24(3)14-19-28)30-20-15-25(4)22-29(30)26-9-7-6-8-10-26/h6-20,22H,5,21H2,1-4H3. The molecule has 0 heterocycles. The second-order valence-electron chi connectivity index (χ2n) is 8.96. The molecule has 2 heteroatoms. The van der Waals surface area contributed by atoms with Crippen molar-refractivity contribution < 1.29 is 0 Å². The minimum atomic E-state index is -2.93. The molecule has 4 aromatic carbocycles. The fraction of sp³-hybridized carbons (Fsp3) is 0.200. The maximum atomic E-state index is 4.63. The number of aryl methyl sites for hydroxylation is 3. The van der Waals surface area contributed by atoms with E-state index in [1.807, 2.05) is 0 Å². The van der Waals surface area contributed by atoms with Gasteiger partial charge in [-0.25, -0.2) is 0 Å². The molecule has 0 bridgehead atoms. The van der Waals surface area contributed by atoms with Gasteiger partial charge >= 0.3 is 202 Å². The number of benzene rings is 4. The van der Waals surface area contributed by atoms with Crippen molar-refractivity contribution in [1.82, 2.24) is 0 Å². The van der Waals surface area contributed by atoms with E-state index < -0.39 is 5.31 Å². The van der Waals surface area contributed by atoms with E-state index in [4.69, 9.17) is 0 Å². The van der Waals surface area contributed by atoms with Gasteiger partial charge in [0.15, 0.2) is 0 Å². The summed E-state index contributed by atoms with van der Waals surface area (Å²) < 4.78 is 0. The summed E-state index contributed by atoms with van der Waals surface area (Å²) in [6, 6.07) is 36.4. The summed E-state index contributed by atoms with van der Waals surface area (Å²) in [5.74, 6) is 0. The van der Waals surface area contributed by atoms with Crippen molar-refractivity contribution in [1.29, 1.82) is 0 Å². The van der Waals surface area contributed by atoms with Crippen molar-refractivity contribution in [3.8, 4) is 11.1 Å². The van der Waals surface area contributed by atoms with Crippen LogP contribution in [-0.2, 0) is 0 Å². The van der Waals surface area contributed by atoms with Gasteiger partial charge < -0.3 is 0 Å². The summed E-state index contributed by atoms with van der Waals surface area (Å²) in [6.07, 6.45) is 2.16. The van der Waals surface area contributed by atoms with Gasteiger partial charge in [0, 0.05) is 0 Å². The van der Waals surface area contributed by atoms with Crippen LogP contribution in [0.15, 0.2) is 97.1 Å². The van der Waals surface area contributed by atoms with E-state index in [0.717, 1.165) is 12.6 Å². The van der Waals surface area contributed by atoms with Crippen molar-refractivity contribution in [3.63, 3.8) is 0 Å². The Morgan fingerprint density at radius 1 is 0.625 bits per heavy atom. The third-order valence-corrected chi connectivity index (χ3v) is 16.6. The van der Waals surface area contributed by atoms with Crippen LogP contribution in [0.25, 0.3) is 11.1 Å². The first-order valence-electron chi connectivity index (χ1n) is 11.4. The number of halogens is 1. The van der Waals surface area contributed by atoms with Crippen LogP contribution in [0.4, 0.5) is 0 Å². The SMILES string of the molecule is CCCP(Br)(c1ccc(C)cc1)(c1ccc(C)cc1)c1ccc(C)cc1-c1ccccc1. The average Bonchev–Trinajstić information content (AvgIpc) is 2.80. The molecule has 0 unspecified atom stereocenters. The van der Waals surface area contributed by atoms with Gasteiger partial charge in [-0.05, 0) is 0 Å². The van der Waals surface area contributed by atoms with Crippen molar-refractivity contribution >= 4 is 36.7 Å². The van der Waals surface area contributed by atoms with E-state index in [0.29, 0.717) is 0 Å². The predicted molar refractivity (Wildman–Crippen MR) is 149 cm³/mol. The molecule has 0 aliphatic rings. The zero-order valence-electron chi connectivity index (χ0n) is 19.5. The van der Waals surface area contributed by atoms with Gasteiger partial charge in [0.05, 0.1) is 0 Å². The minimum absolute atomic E-state index is 1.07. The maximum absolute atomic E-state index is 4.63. The van der Waals surface area contributed by atoms with Gasteiger partial charge in [0.1, 0.15) is 0 Å². The summed E-state index contributed by atoms with van der Waals surface area (Å²) in [5.41, 5.74) is 6.47. The summed E-state index contributed by atoms with van der Waals surface area (Å²) >= 11 is 4.63. The number of rotatable bonds is 6. The van der Waals surface area contributed by atoms with E-state index in [9.17, 15) is 0 Å².